The van der Waals surface area contributed by atoms with E-state index in [2.05, 4.69) is 5.32 Å². The van der Waals surface area contributed by atoms with Crippen LogP contribution in [-0.4, -0.2) is 29.7 Å². The van der Waals surface area contributed by atoms with Gasteiger partial charge in [0.2, 0.25) is 0 Å². The summed E-state index contributed by atoms with van der Waals surface area (Å²) in [5.74, 6) is -0.949. The number of hydrogen-bond donors (Lipinski definition) is 2. The second-order valence-electron chi connectivity index (χ2n) is 5.35. The van der Waals surface area contributed by atoms with E-state index in [0.29, 0.717) is 12.3 Å². The smallest absolute Gasteiger partial charge is 0.328 e. The highest BCUT2D eigenvalue weighted by Gasteiger charge is 2.30. The highest BCUT2D eigenvalue weighted by atomic mass is 16.5. The van der Waals surface area contributed by atoms with Crippen LogP contribution in [0.25, 0.3) is 6.08 Å². The molecular weight excluding hydrogens is 270 g/mol. The molecule has 2 atom stereocenters. The number of carboxylic acid groups (broad SMARTS) is 1. The molecule has 1 aliphatic heterocycles. The van der Waals surface area contributed by atoms with Crippen LogP contribution in [0.3, 0.4) is 0 Å². The molecule has 0 aliphatic carbocycles. The predicted octanol–water partition coefficient (Wildman–Crippen LogP) is 2.46. The van der Waals surface area contributed by atoms with Crippen molar-refractivity contribution in [3.05, 3.63) is 35.4 Å². The van der Waals surface area contributed by atoms with Crippen LogP contribution < -0.4 is 5.32 Å². The van der Waals surface area contributed by atoms with Gasteiger partial charge in [-0.2, -0.15) is 0 Å². The van der Waals surface area contributed by atoms with Crippen LogP contribution in [0.5, 0.6) is 0 Å². The molecule has 21 heavy (non-hydrogen) atoms. The maximum absolute atomic E-state index is 12.2. The van der Waals surface area contributed by atoms with E-state index in [1.54, 1.807) is 6.07 Å². The quantitative estimate of drug-likeness (QED) is 0.835. The van der Waals surface area contributed by atoms with E-state index in [0.717, 1.165) is 23.6 Å². The lowest BCUT2D eigenvalue weighted by Crippen LogP contribution is -2.31. The summed E-state index contributed by atoms with van der Waals surface area (Å²) in [5, 5.41) is 11.5. The van der Waals surface area contributed by atoms with Crippen molar-refractivity contribution in [1.82, 2.24) is 0 Å². The number of anilines is 1. The Balaban J connectivity index is 2.12. The fraction of sp³-hybridized carbons (Fsp3) is 0.375. The Morgan fingerprint density at radius 3 is 2.76 bits per heavy atom. The lowest BCUT2D eigenvalue weighted by molar-refractivity contribution is -0.131. The average molecular weight is 289 g/mol. The third-order valence-electron chi connectivity index (χ3n) is 3.43. The van der Waals surface area contributed by atoms with Gasteiger partial charge in [-0.25, -0.2) is 4.79 Å². The zero-order valence-electron chi connectivity index (χ0n) is 12.1. The summed E-state index contributed by atoms with van der Waals surface area (Å²) >= 11 is 0. The summed E-state index contributed by atoms with van der Waals surface area (Å²) < 4.78 is 5.43. The normalized spacial score (nSPS) is 21.6. The molecule has 2 N–H and O–H groups in total. The molecule has 1 fully saturated rings. The first-order chi connectivity index (χ1) is 9.95. The zero-order valence-corrected chi connectivity index (χ0v) is 12.1. The number of benzene rings is 1. The van der Waals surface area contributed by atoms with Gasteiger partial charge in [-0.1, -0.05) is 13.0 Å². The van der Waals surface area contributed by atoms with Gasteiger partial charge in [-0.15, -0.1) is 0 Å². The average Bonchev–Trinajstić information content (AvgIpc) is 2.82. The van der Waals surface area contributed by atoms with Crippen LogP contribution in [0.15, 0.2) is 24.3 Å². The van der Waals surface area contributed by atoms with Crippen molar-refractivity contribution in [3.63, 3.8) is 0 Å². The number of nitrogens with one attached hydrogen (secondary N) is 1. The number of hydrogen-bond acceptors (Lipinski definition) is 3. The fourth-order valence-corrected chi connectivity index (χ4v) is 2.39. The Morgan fingerprint density at radius 2 is 2.14 bits per heavy atom. The molecular formula is C16H19NO4. The Hall–Kier alpha value is -2.14. The number of aryl methyl sites for hydroxylation is 1. The molecule has 2 unspecified atom stereocenters. The van der Waals surface area contributed by atoms with E-state index < -0.39 is 12.1 Å². The van der Waals surface area contributed by atoms with Crippen LogP contribution in [0.1, 0.15) is 24.5 Å². The van der Waals surface area contributed by atoms with E-state index >= 15 is 0 Å². The van der Waals surface area contributed by atoms with Crippen molar-refractivity contribution in [3.8, 4) is 0 Å². The van der Waals surface area contributed by atoms with Crippen LogP contribution in [-0.2, 0) is 14.3 Å². The molecule has 1 aromatic carbocycles. The summed E-state index contributed by atoms with van der Waals surface area (Å²) in [4.78, 5) is 22.7. The van der Waals surface area contributed by atoms with Gasteiger partial charge in [-0.05, 0) is 48.6 Å². The molecule has 112 valence electrons. The fourth-order valence-electron chi connectivity index (χ4n) is 2.39. The molecule has 1 aromatic rings. The SMILES string of the molecule is Cc1cc(/C=C/C(=O)O)cc(NC(=O)C2OCCC2C)c1. The zero-order chi connectivity index (χ0) is 15.4. The monoisotopic (exact) mass is 289 g/mol. The molecule has 0 aromatic heterocycles. The van der Waals surface area contributed by atoms with Crippen molar-refractivity contribution >= 4 is 23.6 Å². The molecule has 5 nitrogen and oxygen atoms in total. The minimum Gasteiger partial charge on any atom is -0.478 e. The van der Waals surface area contributed by atoms with E-state index in [-0.39, 0.29) is 11.8 Å². The van der Waals surface area contributed by atoms with Gasteiger partial charge in [-0.3, -0.25) is 4.79 Å². The van der Waals surface area contributed by atoms with E-state index in [9.17, 15) is 9.59 Å². The third-order valence-corrected chi connectivity index (χ3v) is 3.43. The van der Waals surface area contributed by atoms with Crippen LogP contribution >= 0.6 is 0 Å². The number of amides is 1. The lowest BCUT2D eigenvalue weighted by atomic mass is 10.0. The Bertz CT molecular complexity index is 580. The summed E-state index contributed by atoms with van der Waals surface area (Å²) in [5.41, 5.74) is 2.32. The van der Waals surface area contributed by atoms with E-state index in [1.807, 2.05) is 26.0 Å². The van der Waals surface area contributed by atoms with Crippen molar-refractivity contribution < 1.29 is 19.4 Å². The first-order valence-corrected chi connectivity index (χ1v) is 6.91. The Labute approximate surface area is 123 Å². The summed E-state index contributed by atoms with van der Waals surface area (Å²) in [7, 11) is 0. The summed E-state index contributed by atoms with van der Waals surface area (Å²) in [6.45, 7) is 4.50. The topological polar surface area (TPSA) is 75.6 Å². The molecule has 2 rings (SSSR count). The maximum atomic E-state index is 12.2. The van der Waals surface area contributed by atoms with Crippen molar-refractivity contribution in [2.24, 2.45) is 5.92 Å². The van der Waals surface area contributed by atoms with Gasteiger partial charge >= 0.3 is 5.97 Å². The third kappa shape index (κ3) is 4.16. The molecule has 1 saturated heterocycles. The van der Waals surface area contributed by atoms with Crippen LogP contribution in [0, 0.1) is 12.8 Å². The number of carbonyl (C=O) groups is 2. The number of carboxylic acids is 1. The van der Waals surface area contributed by atoms with Crippen molar-refractivity contribution in [2.75, 3.05) is 11.9 Å². The minimum atomic E-state index is -1.00. The standard InChI is InChI=1S/C16H19NO4/c1-10-7-12(3-4-14(18)19)9-13(8-10)17-16(20)15-11(2)5-6-21-15/h3-4,7-9,11,15H,5-6H2,1-2H3,(H,17,20)(H,18,19)/b4-3+. The van der Waals surface area contributed by atoms with Gasteiger partial charge in [0.25, 0.3) is 5.91 Å². The molecule has 1 amide bonds. The van der Waals surface area contributed by atoms with Crippen LogP contribution in [0.2, 0.25) is 0 Å². The van der Waals surface area contributed by atoms with Gasteiger partial charge in [0.05, 0.1) is 0 Å². The predicted molar refractivity (Wildman–Crippen MR) is 80.0 cm³/mol. The number of rotatable bonds is 4. The van der Waals surface area contributed by atoms with E-state index in [1.165, 1.54) is 6.08 Å². The number of carbonyl (C=O) groups excluding carboxylic acids is 1. The summed E-state index contributed by atoms with van der Waals surface area (Å²) in [6, 6.07) is 5.43. The maximum Gasteiger partial charge on any atom is 0.328 e. The highest BCUT2D eigenvalue weighted by Crippen LogP contribution is 2.22. The van der Waals surface area contributed by atoms with Gasteiger partial charge in [0.15, 0.2) is 0 Å². The van der Waals surface area contributed by atoms with E-state index in [4.69, 9.17) is 9.84 Å². The van der Waals surface area contributed by atoms with Crippen LogP contribution in [0.4, 0.5) is 5.69 Å². The molecule has 1 aliphatic rings. The Morgan fingerprint density at radius 1 is 1.38 bits per heavy atom. The van der Waals surface area contributed by atoms with Gasteiger partial charge in [0, 0.05) is 18.4 Å². The molecule has 5 heteroatoms. The van der Waals surface area contributed by atoms with Crippen molar-refractivity contribution in [2.45, 2.75) is 26.4 Å². The molecule has 0 bridgehead atoms. The lowest BCUT2D eigenvalue weighted by Gasteiger charge is -2.15. The molecule has 0 spiro atoms. The largest absolute Gasteiger partial charge is 0.478 e. The van der Waals surface area contributed by atoms with Gasteiger partial charge in [0.1, 0.15) is 6.10 Å². The second kappa shape index (κ2) is 6.54. The minimum absolute atomic E-state index is 0.154. The number of aliphatic carboxylic acids is 1. The first kappa shape index (κ1) is 15.3. The molecule has 0 saturated carbocycles. The van der Waals surface area contributed by atoms with Crippen molar-refractivity contribution in [1.29, 1.82) is 0 Å². The van der Waals surface area contributed by atoms with Gasteiger partial charge < -0.3 is 15.2 Å². The highest BCUT2D eigenvalue weighted by molar-refractivity contribution is 5.95. The molecule has 1 heterocycles. The summed E-state index contributed by atoms with van der Waals surface area (Å²) in [6.07, 6.45) is 3.05. The Kier molecular flexibility index (Phi) is 4.75. The second-order valence-corrected chi connectivity index (χ2v) is 5.35. The number of ether oxygens (including phenoxy) is 1. The molecule has 0 radical (unpaired) electrons. The first-order valence-electron chi connectivity index (χ1n) is 6.91.